The van der Waals surface area contributed by atoms with Gasteiger partial charge < -0.3 is 15.2 Å². The zero-order chi connectivity index (χ0) is 12.7. The number of nitrogens with two attached hydrogens (primary N) is 1. The molecule has 18 heavy (non-hydrogen) atoms. The van der Waals surface area contributed by atoms with E-state index in [0.29, 0.717) is 24.4 Å². The lowest BCUT2D eigenvalue weighted by atomic mass is 9.88. The van der Waals surface area contributed by atoms with Gasteiger partial charge in [-0.25, -0.2) is 9.97 Å². The number of nitrogens with zero attached hydrogens (tertiary/aromatic N) is 2. The number of aromatic nitrogens is 2. The van der Waals surface area contributed by atoms with E-state index >= 15 is 0 Å². The molecule has 2 saturated heterocycles. The Bertz CT molecular complexity index is 469. The fourth-order valence-corrected chi connectivity index (χ4v) is 3.24. The average Bonchev–Trinajstić information content (AvgIpc) is 2.97. The summed E-state index contributed by atoms with van der Waals surface area (Å²) >= 11 is 2.17. The Morgan fingerprint density at radius 1 is 1.44 bits per heavy atom. The Morgan fingerprint density at radius 3 is 2.89 bits per heavy atom. The third-order valence-corrected chi connectivity index (χ3v) is 4.86. The molecule has 98 valence electrons. The highest BCUT2D eigenvalue weighted by Crippen LogP contribution is 2.43. The molecular formula is C12H16IN3O2. The summed E-state index contributed by atoms with van der Waals surface area (Å²) in [5.74, 6) is 1.68. The molecule has 1 aromatic rings. The summed E-state index contributed by atoms with van der Waals surface area (Å²) in [5.41, 5.74) is 6.84. The van der Waals surface area contributed by atoms with E-state index < -0.39 is 0 Å². The normalized spacial score (nSPS) is 30.0. The van der Waals surface area contributed by atoms with Gasteiger partial charge in [0.25, 0.3) is 0 Å². The summed E-state index contributed by atoms with van der Waals surface area (Å²) in [7, 11) is 1.66. The van der Waals surface area contributed by atoms with Crippen molar-refractivity contribution in [1.29, 1.82) is 0 Å². The Hall–Kier alpha value is -0.470. The third-order valence-electron chi connectivity index (χ3n) is 3.68. The molecule has 3 atom stereocenters. The highest BCUT2D eigenvalue weighted by atomic mass is 127. The molecule has 2 aliphatic heterocycles. The van der Waals surface area contributed by atoms with Crippen molar-refractivity contribution >= 4 is 28.4 Å². The number of hydrogen-bond donors (Lipinski definition) is 1. The van der Waals surface area contributed by atoms with Gasteiger partial charge in [0.1, 0.15) is 11.6 Å². The molecule has 0 aromatic carbocycles. The summed E-state index contributed by atoms with van der Waals surface area (Å²) in [4.78, 5) is 9.06. The molecule has 3 rings (SSSR count). The van der Waals surface area contributed by atoms with Crippen LogP contribution in [0.5, 0.6) is 0 Å². The third kappa shape index (κ3) is 2.10. The average molecular weight is 361 g/mol. The van der Waals surface area contributed by atoms with Crippen LogP contribution < -0.4 is 5.73 Å². The topological polar surface area (TPSA) is 70.3 Å². The largest absolute Gasteiger partial charge is 0.383 e. The van der Waals surface area contributed by atoms with Crippen molar-refractivity contribution < 1.29 is 9.47 Å². The SMILES string of the molecule is COCc1nc(C2CC3CCC2O3)nc(N)c1I. The molecule has 3 heterocycles. The summed E-state index contributed by atoms with van der Waals surface area (Å²) in [6.45, 7) is 0.472. The molecule has 2 aliphatic rings. The van der Waals surface area contributed by atoms with Crippen LogP contribution in [0.25, 0.3) is 0 Å². The molecule has 2 N–H and O–H groups in total. The molecule has 2 bridgehead atoms. The lowest BCUT2D eigenvalue weighted by Crippen LogP contribution is -2.19. The van der Waals surface area contributed by atoms with Crippen LogP contribution in [0, 0.1) is 3.57 Å². The number of halogens is 1. The number of methoxy groups -OCH3 is 1. The lowest BCUT2D eigenvalue weighted by Gasteiger charge is -2.18. The summed E-state index contributed by atoms with van der Waals surface area (Å²) < 4.78 is 11.9. The molecule has 5 nitrogen and oxygen atoms in total. The minimum absolute atomic E-state index is 0.282. The van der Waals surface area contributed by atoms with Crippen LogP contribution >= 0.6 is 22.6 Å². The predicted molar refractivity (Wildman–Crippen MR) is 75.1 cm³/mol. The van der Waals surface area contributed by atoms with Gasteiger partial charge in [-0.3, -0.25) is 0 Å². The highest BCUT2D eigenvalue weighted by molar-refractivity contribution is 14.1. The fraction of sp³-hybridized carbons (Fsp3) is 0.667. The van der Waals surface area contributed by atoms with E-state index in [1.807, 2.05) is 0 Å². The highest BCUT2D eigenvalue weighted by Gasteiger charge is 2.43. The van der Waals surface area contributed by atoms with Gasteiger partial charge in [-0.2, -0.15) is 0 Å². The second-order valence-corrected chi connectivity index (χ2v) is 5.96. The van der Waals surface area contributed by atoms with Gasteiger partial charge in [0.15, 0.2) is 0 Å². The van der Waals surface area contributed by atoms with Crippen LogP contribution in [0.3, 0.4) is 0 Å². The Labute approximate surface area is 120 Å². The maximum Gasteiger partial charge on any atom is 0.141 e. The van der Waals surface area contributed by atoms with Crippen LogP contribution in [-0.4, -0.2) is 29.3 Å². The first-order valence-corrected chi connectivity index (χ1v) is 7.23. The smallest absolute Gasteiger partial charge is 0.141 e. The second-order valence-electron chi connectivity index (χ2n) is 4.88. The summed E-state index contributed by atoms with van der Waals surface area (Å²) in [5, 5.41) is 0. The maximum absolute atomic E-state index is 5.96. The van der Waals surface area contributed by atoms with E-state index in [2.05, 4.69) is 32.6 Å². The first kappa shape index (κ1) is 12.6. The van der Waals surface area contributed by atoms with Crippen molar-refractivity contribution in [2.75, 3.05) is 12.8 Å². The summed E-state index contributed by atoms with van der Waals surface area (Å²) in [6, 6.07) is 0. The van der Waals surface area contributed by atoms with E-state index in [1.165, 1.54) is 6.42 Å². The van der Waals surface area contributed by atoms with E-state index in [9.17, 15) is 0 Å². The van der Waals surface area contributed by atoms with Crippen LogP contribution in [0.15, 0.2) is 0 Å². The Balaban J connectivity index is 1.92. The molecule has 0 amide bonds. The molecular weight excluding hydrogens is 345 g/mol. The van der Waals surface area contributed by atoms with Crippen molar-refractivity contribution in [2.24, 2.45) is 0 Å². The molecule has 0 aliphatic carbocycles. The van der Waals surface area contributed by atoms with Crippen molar-refractivity contribution in [2.45, 2.75) is 44.0 Å². The van der Waals surface area contributed by atoms with E-state index in [-0.39, 0.29) is 6.10 Å². The number of rotatable bonds is 3. The van der Waals surface area contributed by atoms with Gasteiger partial charge in [-0.1, -0.05) is 0 Å². The number of fused-ring (bicyclic) bond motifs is 2. The van der Waals surface area contributed by atoms with Crippen LogP contribution in [0.2, 0.25) is 0 Å². The molecule has 6 heteroatoms. The quantitative estimate of drug-likeness (QED) is 0.833. The van der Waals surface area contributed by atoms with Crippen molar-refractivity contribution in [3.63, 3.8) is 0 Å². The first-order chi connectivity index (χ1) is 8.69. The molecule has 1 aromatic heterocycles. The van der Waals surface area contributed by atoms with Gasteiger partial charge in [0.2, 0.25) is 0 Å². The number of nitrogen functional groups attached to an aromatic ring is 1. The minimum Gasteiger partial charge on any atom is -0.383 e. The van der Waals surface area contributed by atoms with Gasteiger partial charge in [0.05, 0.1) is 28.1 Å². The van der Waals surface area contributed by atoms with Crippen LogP contribution in [0.4, 0.5) is 5.82 Å². The second kappa shape index (κ2) is 4.90. The van der Waals surface area contributed by atoms with Crippen LogP contribution in [-0.2, 0) is 16.1 Å². The Morgan fingerprint density at radius 2 is 2.28 bits per heavy atom. The molecule has 0 saturated carbocycles. The molecule has 0 spiro atoms. The van der Waals surface area contributed by atoms with Gasteiger partial charge >= 0.3 is 0 Å². The monoisotopic (exact) mass is 361 g/mol. The lowest BCUT2D eigenvalue weighted by molar-refractivity contribution is 0.0998. The molecule has 0 radical (unpaired) electrons. The van der Waals surface area contributed by atoms with Gasteiger partial charge in [-0.15, -0.1) is 0 Å². The number of hydrogen-bond acceptors (Lipinski definition) is 5. The zero-order valence-electron chi connectivity index (χ0n) is 10.2. The first-order valence-electron chi connectivity index (χ1n) is 6.15. The molecule has 2 fully saturated rings. The Kier molecular flexibility index (Phi) is 3.42. The van der Waals surface area contributed by atoms with Crippen molar-refractivity contribution in [3.8, 4) is 0 Å². The fourth-order valence-electron chi connectivity index (χ4n) is 2.84. The van der Waals surface area contributed by atoms with Gasteiger partial charge in [0, 0.05) is 13.0 Å². The standard InChI is InChI=1S/C12H16IN3O2/c1-17-5-8-10(13)11(14)16-12(15-8)7-4-6-2-3-9(7)18-6/h6-7,9H,2-5H2,1H3,(H2,14,15,16). The van der Waals surface area contributed by atoms with E-state index in [0.717, 1.165) is 27.9 Å². The van der Waals surface area contributed by atoms with E-state index in [4.69, 9.17) is 15.2 Å². The van der Waals surface area contributed by atoms with Crippen LogP contribution in [0.1, 0.15) is 36.7 Å². The predicted octanol–water partition coefficient (Wildman–Crippen LogP) is 1.84. The van der Waals surface area contributed by atoms with Gasteiger partial charge in [-0.05, 0) is 41.9 Å². The number of ether oxygens (including phenoxy) is 2. The summed E-state index contributed by atoms with van der Waals surface area (Å²) in [6.07, 6.45) is 3.99. The maximum atomic E-state index is 5.96. The van der Waals surface area contributed by atoms with Crippen molar-refractivity contribution in [3.05, 3.63) is 15.1 Å². The van der Waals surface area contributed by atoms with Crippen molar-refractivity contribution in [1.82, 2.24) is 9.97 Å². The minimum atomic E-state index is 0.282. The molecule has 3 unspecified atom stereocenters. The van der Waals surface area contributed by atoms with E-state index in [1.54, 1.807) is 7.11 Å². The zero-order valence-corrected chi connectivity index (χ0v) is 12.4. The number of anilines is 1.